The van der Waals surface area contributed by atoms with Crippen LogP contribution in [0.4, 0.5) is 5.88 Å². The zero-order valence-corrected chi connectivity index (χ0v) is 18.3. The maximum atomic E-state index is 13.4. The largest absolute Gasteiger partial charge is 0.419 e. The van der Waals surface area contributed by atoms with Gasteiger partial charge in [-0.05, 0) is 59.7 Å². The van der Waals surface area contributed by atoms with E-state index in [2.05, 4.69) is 27.6 Å². The number of nitrogens with zero attached hydrogens (tertiary/aromatic N) is 2. The summed E-state index contributed by atoms with van der Waals surface area (Å²) in [6, 6.07) is 16.1. The molecule has 0 spiro atoms. The molecule has 1 fully saturated rings. The SMILES string of the molecule is O=S(=O)(c1ccccc1)c1nc(-c2ccccc2I)oc1N1CCCCCC1. The molecule has 28 heavy (non-hydrogen) atoms. The van der Waals surface area contributed by atoms with Gasteiger partial charge in [0.25, 0.3) is 0 Å². The number of benzene rings is 2. The fourth-order valence-corrected chi connectivity index (χ4v) is 5.37. The summed E-state index contributed by atoms with van der Waals surface area (Å²) in [5.74, 6) is 0.708. The van der Waals surface area contributed by atoms with Gasteiger partial charge in [-0.1, -0.05) is 43.2 Å². The Bertz CT molecular complexity index is 1060. The third kappa shape index (κ3) is 3.82. The molecule has 4 rings (SSSR count). The predicted octanol–water partition coefficient (Wildman–Crippen LogP) is 5.16. The van der Waals surface area contributed by atoms with E-state index in [1.165, 1.54) is 0 Å². The Morgan fingerprint density at radius 1 is 0.893 bits per heavy atom. The highest BCUT2D eigenvalue weighted by atomic mass is 127. The molecule has 1 aliphatic rings. The Hall–Kier alpha value is -1.87. The smallest absolute Gasteiger partial charge is 0.236 e. The molecule has 146 valence electrons. The van der Waals surface area contributed by atoms with E-state index in [-0.39, 0.29) is 9.92 Å². The molecule has 0 saturated carbocycles. The van der Waals surface area contributed by atoms with Crippen molar-refractivity contribution in [2.24, 2.45) is 0 Å². The second kappa shape index (κ2) is 8.24. The Labute approximate surface area is 178 Å². The van der Waals surface area contributed by atoms with Gasteiger partial charge in [-0.2, -0.15) is 4.98 Å². The fraction of sp³-hybridized carbons (Fsp3) is 0.286. The summed E-state index contributed by atoms with van der Waals surface area (Å²) in [6.45, 7) is 1.55. The molecular formula is C21H21IN2O3S. The molecule has 3 aromatic rings. The van der Waals surface area contributed by atoms with Crippen LogP contribution in [0.15, 0.2) is 68.9 Å². The molecule has 0 bridgehead atoms. The zero-order chi connectivity index (χ0) is 19.6. The van der Waals surface area contributed by atoms with Crippen molar-refractivity contribution >= 4 is 38.3 Å². The van der Waals surface area contributed by atoms with Gasteiger partial charge in [0.1, 0.15) is 0 Å². The van der Waals surface area contributed by atoms with Crippen molar-refractivity contribution in [1.82, 2.24) is 4.98 Å². The molecule has 0 aliphatic carbocycles. The maximum absolute atomic E-state index is 13.4. The maximum Gasteiger partial charge on any atom is 0.236 e. The van der Waals surface area contributed by atoms with E-state index in [1.807, 2.05) is 29.2 Å². The highest BCUT2D eigenvalue weighted by Gasteiger charge is 2.31. The van der Waals surface area contributed by atoms with E-state index in [4.69, 9.17) is 4.42 Å². The molecule has 0 unspecified atom stereocenters. The van der Waals surface area contributed by atoms with Gasteiger partial charge in [0.15, 0.2) is 0 Å². The summed E-state index contributed by atoms with van der Waals surface area (Å²) in [7, 11) is -3.78. The second-order valence-electron chi connectivity index (χ2n) is 6.83. The first-order valence-corrected chi connectivity index (χ1v) is 11.9. The van der Waals surface area contributed by atoms with Crippen LogP contribution in [-0.4, -0.2) is 26.5 Å². The van der Waals surface area contributed by atoms with Gasteiger partial charge in [0.2, 0.25) is 26.6 Å². The van der Waals surface area contributed by atoms with Crippen LogP contribution in [-0.2, 0) is 9.84 Å². The number of hydrogen-bond acceptors (Lipinski definition) is 5. The van der Waals surface area contributed by atoms with Crippen LogP contribution in [0.25, 0.3) is 11.5 Å². The molecule has 7 heteroatoms. The molecule has 2 heterocycles. The second-order valence-corrected chi connectivity index (χ2v) is 9.85. The number of halogens is 1. The van der Waals surface area contributed by atoms with Crippen LogP contribution in [0, 0.1) is 3.57 Å². The van der Waals surface area contributed by atoms with E-state index >= 15 is 0 Å². The van der Waals surface area contributed by atoms with Gasteiger partial charge in [0.05, 0.1) is 10.5 Å². The standard InChI is InChI=1S/C21H21IN2O3S/c22-18-13-7-6-12-17(18)19-23-20(28(25,26)16-10-4-3-5-11-16)21(27-19)24-14-8-1-2-9-15-24/h3-7,10-13H,1-2,8-9,14-15H2. The van der Waals surface area contributed by atoms with Crippen molar-refractivity contribution in [3.8, 4) is 11.5 Å². The zero-order valence-electron chi connectivity index (χ0n) is 15.3. The lowest BCUT2D eigenvalue weighted by Gasteiger charge is -2.20. The third-order valence-corrected chi connectivity index (χ3v) is 7.49. The quantitative estimate of drug-likeness (QED) is 0.456. The molecule has 1 aromatic heterocycles. The first-order valence-electron chi connectivity index (χ1n) is 9.38. The van der Waals surface area contributed by atoms with Gasteiger partial charge < -0.3 is 9.32 Å². The van der Waals surface area contributed by atoms with Gasteiger partial charge in [-0.25, -0.2) is 8.42 Å². The Morgan fingerprint density at radius 3 is 2.21 bits per heavy atom. The van der Waals surface area contributed by atoms with Crippen LogP contribution < -0.4 is 4.90 Å². The average molecular weight is 508 g/mol. The molecular weight excluding hydrogens is 487 g/mol. The highest BCUT2D eigenvalue weighted by molar-refractivity contribution is 14.1. The lowest BCUT2D eigenvalue weighted by Crippen LogP contribution is -2.25. The van der Waals surface area contributed by atoms with Crippen molar-refractivity contribution in [2.75, 3.05) is 18.0 Å². The van der Waals surface area contributed by atoms with Crippen molar-refractivity contribution < 1.29 is 12.8 Å². The van der Waals surface area contributed by atoms with Gasteiger partial charge >= 0.3 is 0 Å². The van der Waals surface area contributed by atoms with E-state index in [0.717, 1.165) is 47.9 Å². The molecule has 1 saturated heterocycles. The van der Waals surface area contributed by atoms with Crippen LogP contribution in [0.5, 0.6) is 0 Å². The average Bonchev–Trinajstić information content (AvgIpc) is 2.98. The first kappa shape index (κ1) is 19.4. The van der Waals surface area contributed by atoms with Gasteiger partial charge in [-0.3, -0.25) is 0 Å². The molecule has 1 aliphatic heterocycles. The molecule has 0 atom stereocenters. The lowest BCUT2D eigenvalue weighted by molar-refractivity contribution is 0.543. The topological polar surface area (TPSA) is 63.4 Å². The number of oxazole rings is 1. The Morgan fingerprint density at radius 2 is 1.54 bits per heavy atom. The van der Waals surface area contributed by atoms with E-state index in [9.17, 15) is 8.42 Å². The number of sulfone groups is 1. The molecule has 2 aromatic carbocycles. The minimum Gasteiger partial charge on any atom is -0.419 e. The minimum absolute atomic E-state index is 0.00949. The van der Waals surface area contributed by atoms with Crippen LogP contribution >= 0.6 is 22.6 Å². The monoisotopic (exact) mass is 508 g/mol. The summed E-state index contributed by atoms with van der Waals surface area (Å²) < 4.78 is 33.8. The van der Waals surface area contributed by atoms with Crippen LogP contribution in [0.1, 0.15) is 25.7 Å². The Balaban J connectivity index is 1.87. The first-order chi connectivity index (χ1) is 13.6. The molecule has 0 amide bonds. The highest BCUT2D eigenvalue weighted by Crippen LogP contribution is 2.36. The summed E-state index contributed by atoms with van der Waals surface area (Å²) in [5.41, 5.74) is 0.800. The van der Waals surface area contributed by atoms with Gasteiger partial charge in [0, 0.05) is 16.7 Å². The number of aromatic nitrogens is 1. The molecule has 0 N–H and O–H groups in total. The number of anilines is 1. The summed E-state index contributed by atoms with van der Waals surface area (Å²) in [5, 5.41) is 0.00949. The molecule has 0 radical (unpaired) electrons. The molecule has 5 nitrogen and oxygen atoms in total. The van der Waals surface area contributed by atoms with E-state index in [1.54, 1.807) is 30.3 Å². The summed E-state index contributed by atoms with van der Waals surface area (Å²) in [6.07, 6.45) is 4.33. The minimum atomic E-state index is -3.78. The van der Waals surface area contributed by atoms with Crippen molar-refractivity contribution in [3.05, 3.63) is 58.2 Å². The third-order valence-electron chi connectivity index (χ3n) is 4.88. The normalized spacial score (nSPS) is 15.4. The Kier molecular flexibility index (Phi) is 5.73. The van der Waals surface area contributed by atoms with Crippen LogP contribution in [0.2, 0.25) is 0 Å². The summed E-state index contributed by atoms with van der Waals surface area (Å²) in [4.78, 5) is 6.76. The van der Waals surface area contributed by atoms with E-state index < -0.39 is 9.84 Å². The van der Waals surface area contributed by atoms with Gasteiger partial charge in [-0.15, -0.1) is 0 Å². The fourth-order valence-electron chi connectivity index (χ4n) is 3.41. The van der Waals surface area contributed by atoms with Crippen molar-refractivity contribution in [3.63, 3.8) is 0 Å². The number of rotatable bonds is 4. The van der Waals surface area contributed by atoms with Crippen LogP contribution in [0.3, 0.4) is 0 Å². The number of hydrogen-bond donors (Lipinski definition) is 0. The van der Waals surface area contributed by atoms with E-state index in [0.29, 0.717) is 11.8 Å². The van der Waals surface area contributed by atoms with Crippen molar-refractivity contribution in [2.45, 2.75) is 35.6 Å². The summed E-state index contributed by atoms with van der Waals surface area (Å²) >= 11 is 2.21. The lowest BCUT2D eigenvalue weighted by atomic mass is 10.2. The predicted molar refractivity (Wildman–Crippen MR) is 117 cm³/mol. The van der Waals surface area contributed by atoms with Crippen molar-refractivity contribution in [1.29, 1.82) is 0 Å².